The monoisotopic (exact) mass is 851 g/mol. The summed E-state index contributed by atoms with van der Waals surface area (Å²) < 4.78 is 23.4. The molecule has 1 spiro atoms. The van der Waals surface area contributed by atoms with Gasteiger partial charge in [0.25, 0.3) is 0 Å². The number of aromatic nitrogens is 2. The molecule has 0 fully saturated rings. The highest BCUT2D eigenvalue weighted by Crippen LogP contribution is 2.63. The lowest BCUT2D eigenvalue weighted by molar-refractivity contribution is 0.590. The molecule has 5 nitrogen and oxygen atoms in total. The minimum atomic E-state index is -3.49. The lowest BCUT2D eigenvalue weighted by Gasteiger charge is -2.50. The fourth-order valence-corrected chi connectivity index (χ4v) is 13.9. The van der Waals surface area contributed by atoms with Crippen molar-refractivity contribution in [1.82, 2.24) is 9.97 Å². The number of rotatable bonds is 5. The van der Waals surface area contributed by atoms with Crippen LogP contribution in [-0.4, -0.2) is 9.97 Å². The predicted molar refractivity (Wildman–Crippen MR) is 265 cm³/mol. The minimum Gasteiger partial charge on any atom is -0.456 e. The zero-order valence-corrected chi connectivity index (χ0v) is 35.9. The molecule has 13 rings (SSSR count). The Bertz CT molecular complexity index is 3650. The number of pyridine rings is 2. The number of furan rings is 1. The molecule has 6 heteroatoms. The molecular formula is C59H38N3O2P. The van der Waals surface area contributed by atoms with Crippen LogP contribution in [0.4, 0.5) is 17.1 Å². The number of para-hydroxylation sites is 3. The summed E-state index contributed by atoms with van der Waals surface area (Å²) in [7, 11) is -3.49. The Morgan fingerprint density at radius 2 is 0.985 bits per heavy atom. The zero-order chi connectivity index (χ0) is 43.1. The third-order valence-corrected chi connectivity index (χ3v) is 16.6. The van der Waals surface area contributed by atoms with E-state index in [0.29, 0.717) is 0 Å². The molecule has 3 aromatic heterocycles. The van der Waals surface area contributed by atoms with Gasteiger partial charge in [0.15, 0.2) is 7.14 Å². The average Bonchev–Trinajstić information content (AvgIpc) is 3.75. The third kappa shape index (κ3) is 5.49. The Hall–Kier alpha value is -8.11. The van der Waals surface area contributed by atoms with E-state index in [-0.39, 0.29) is 0 Å². The maximum Gasteiger partial charge on any atom is 0.171 e. The van der Waals surface area contributed by atoms with Gasteiger partial charge in [0.05, 0.1) is 16.8 Å². The van der Waals surface area contributed by atoms with E-state index in [9.17, 15) is 0 Å². The molecule has 0 aliphatic carbocycles. The van der Waals surface area contributed by atoms with E-state index in [1.807, 2.05) is 73.3 Å². The molecule has 0 N–H and O–H groups in total. The van der Waals surface area contributed by atoms with E-state index in [1.165, 1.54) is 0 Å². The molecule has 8 aromatic carbocycles. The van der Waals surface area contributed by atoms with Crippen LogP contribution >= 0.6 is 7.14 Å². The Kier molecular flexibility index (Phi) is 8.33. The summed E-state index contributed by atoms with van der Waals surface area (Å²) in [5, 5.41) is 4.44. The van der Waals surface area contributed by atoms with E-state index >= 15 is 4.57 Å². The van der Waals surface area contributed by atoms with Crippen LogP contribution in [0.5, 0.6) is 0 Å². The maximum absolute atomic E-state index is 16.8. The lowest BCUT2D eigenvalue weighted by atomic mass is 9.61. The lowest BCUT2D eigenvalue weighted by Crippen LogP contribution is -2.49. The average molecular weight is 852 g/mol. The van der Waals surface area contributed by atoms with Gasteiger partial charge in [-0.25, -0.2) is 0 Å². The first-order valence-electron chi connectivity index (χ1n) is 21.9. The smallest absolute Gasteiger partial charge is 0.171 e. The highest BCUT2D eigenvalue weighted by atomic mass is 31.2. The number of hydrogen-bond acceptors (Lipinski definition) is 5. The van der Waals surface area contributed by atoms with Crippen molar-refractivity contribution < 1.29 is 8.98 Å². The molecule has 65 heavy (non-hydrogen) atoms. The number of benzene rings is 8. The van der Waals surface area contributed by atoms with Gasteiger partial charge in [0, 0.05) is 57.2 Å². The van der Waals surface area contributed by atoms with Gasteiger partial charge in [-0.15, -0.1) is 0 Å². The first-order chi connectivity index (χ1) is 32.1. The van der Waals surface area contributed by atoms with Gasteiger partial charge >= 0.3 is 0 Å². The van der Waals surface area contributed by atoms with E-state index in [2.05, 4.69) is 173 Å². The zero-order valence-electron chi connectivity index (χ0n) is 35.0. The molecule has 5 heterocycles. The fourth-order valence-electron chi connectivity index (χ4n) is 10.7. The van der Waals surface area contributed by atoms with Crippen LogP contribution in [0.1, 0.15) is 22.3 Å². The first-order valence-corrected chi connectivity index (χ1v) is 23.6. The molecule has 2 aliphatic rings. The molecule has 0 bridgehead atoms. The van der Waals surface area contributed by atoms with E-state index in [0.717, 1.165) is 111 Å². The number of nitrogens with zero attached hydrogens (tertiary/aromatic N) is 3. The summed E-state index contributed by atoms with van der Waals surface area (Å²) in [5.41, 5.74) is 14.5. The summed E-state index contributed by atoms with van der Waals surface area (Å²) in [5.74, 6) is 0. The summed E-state index contributed by atoms with van der Waals surface area (Å²) in [4.78, 5) is 11.1. The maximum atomic E-state index is 16.8. The molecule has 306 valence electrons. The molecule has 0 amide bonds. The van der Waals surface area contributed by atoms with Crippen molar-refractivity contribution in [1.29, 1.82) is 0 Å². The van der Waals surface area contributed by atoms with Gasteiger partial charge in [0.1, 0.15) is 11.2 Å². The van der Waals surface area contributed by atoms with Gasteiger partial charge in [-0.2, -0.15) is 0 Å². The predicted octanol–water partition coefficient (Wildman–Crippen LogP) is 13.5. The Morgan fingerprint density at radius 3 is 1.71 bits per heavy atom. The SMILES string of the molecule is O=P1(c2ccccc2)c2ccccc2C2(c3ccccc3N(c3ccccc3)c3cc(-c4cc(-c5ccncc5)cc(-c5ccncc5)c4)ccc32)c2cc3c(cc21)oc1ccccc13. The summed E-state index contributed by atoms with van der Waals surface area (Å²) >= 11 is 0. The number of anilines is 3. The van der Waals surface area contributed by atoms with Gasteiger partial charge in [-0.1, -0.05) is 121 Å². The van der Waals surface area contributed by atoms with Crippen LogP contribution in [0.2, 0.25) is 0 Å². The van der Waals surface area contributed by atoms with Crippen molar-refractivity contribution in [3.63, 3.8) is 0 Å². The normalized spacial score (nSPS) is 17.1. The second-order valence-electron chi connectivity index (χ2n) is 16.9. The molecule has 0 saturated carbocycles. The number of hydrogen-bond donors (Lipinski definition) is 0. The largest absolute Gasteiger partial charge is 0.456 e. The Morgan fingerprint density at radius 1 is 0.400 bits per heavy atom. The van der Waals surface area contributed by atoms with Gasteiger partial charge in [0.2, 0.25) is 0 Å². The quantitative estimate of drug-likeness (QED) is 0.161. The highest BCUT2D eigenvalue weighted by molar-refractivity contribution is 7.85. The Balaban J connectivity index is 1.16. The van der Waals surface area contributed by atoms with Gasteiger partial charge in [-0.05, 0) is 141 Å². The Labute approximate surface area is 376 Å². The van der Waals surface area contributed by atoms with Crippen LogP contribution in [-0.2, 0) is 9.98 Å². The van der Waals surface area contributed by atoms with Crippen LogP contribution < -0.4 is 20.8 Å². The summed E-state index contributed by atoms with van der Waals surface area (Å²) in [6, 6.07) is 72.6. The molecule has 2 aliphatic heterocycles. The molecular weight excluding hydrogens is 814 g/mol. The van der Waals surface area contributed by atoms with Crippen molar-refractivity contribution in [2.24, 2.45) is 0 Å². The van der Waals surface area contributed by atoms with Crippen LogP contribution in [0.25, 0.3) is 55.3 Å². The summed E-state index contributed by atoms with van der Waals surface area (Å²) in [6.07, 6.45) is 7.38. The van der Waals surface area contributed by atoms with Crippen molar-refractivity contribution in [3.05, 3.63) is 253 Å². The van der Waals surface area contributed by atoms with Crippen LogP contribution in [0, 0.1) is 0 Å². The van der Waals surface area contributed by atoms with E-state index < -0.39 is 12.6 Å². The van der Waals surface area contributed by atoms with E-state index in [4.69, 9.17) is 4.42 Å². The van der Waals surface area contributed by atoms with Gasteiger partial charge < -0.3 is 13.9 Å². The van der Waals surface area contributed by atoms with E-state index in [1.54, 1.807) is 0 Å². The summed E-state index contributed by atoms with van der Waals surface area (Å²) in [6.45, 7) is 0. The topological polar surface area (TPSA) is 59.2 Å². The minimum absolute atomic E-state index is 0.722. The molecule has 2 atom stereocenters. The van der Waals surface area contributed by atoms with Crippen molar-refractivity contribution in [2.75, 3.05) is 4.90 Å². The van der Waals surface area contributed by atoms with Crippen molar-refractivity contribution in [3.8, 4) is 33.4 Å². The highest BCUT2D eigenvalue weighted by Gasteiger charge is 2.55. The molecule has 2 unspecified atom stereocenters. The molecule has 0 saturated heterocycles. The molecule has 11 aromatic rings. The van der Waals surface area contributed by atoms with Crippen molar-refractivity contribution in [2.45, 2.75) is 5.41 Å². The second-order valence-corrected chi connectivity index (χ2v) is 19.6. The van der Waals surface area contributed by atoms with Crippen molar-refractivity contribution >= 4 is 62.1 Å². The fraction of sp³-hybridized carbons (Fsp3) is 0.0169. The number of fused-ring (bicyclic) bond motifs is 11. The third-order valence-electron chi connectivity index (χ3n) is 13.5. The molecule has 0 radical (unpaired) electrons. The first kappa shape index (κ1) is 37.4. The van der Waals surface area contributed by atoms with Crippen LogP contribution in [0.3, 0.4) is 0 Å². The standard InChI is InChI=1S/C59H38N3O2P/c63-65(46-15-5-2-6-16-46)57-22-12-9-19-51(57)59(52-37-48-47-17-7-11-21-55(47)64-56(48)38-58(52)65)49-18-8-10-20-53(49)62(45-13-3-1-4-14-45)54-36-41(23-24-50(54)59)44-34-42(39-25-29-60-30-26-39)33-43(35-44)40-27-31-61-32-28-40/h1-38H. The van der Waals surface area contributed by atoms with Gasteiger partial charge in [-0.3, -0.25) is 9.97 Å². The second kappa shape index (κ2) is 14.5. The van der Waals surface area contributed by atoms with Crippen LogP contribution in [0.15, 0.2) is 235 Å².